The van der Waals surface area contributed by atoms with Gasteiger partial charge in [-0.05, 0) is 31.6 Å². The molecule has 0 aliphatic rings. The van der Waals surface area contributed by atoms with Crippen molar-refractivity contribution < 1.29 is 5.11 Å². The highest BCUT2D eigenvalue weighted by Crippen LogP contribution is 2.18. The van der Waals surface area contributed by atoms with Crippen molar-refractivity contribution in [2.45, 2.75) is 58.8 Å². The Morgan fingerprint density at radius 1 is 1.29 bits per heavy atom. The molecular formula is C13H26O. The van der Waals surface area contributed by atoms with Gasteiger partial charge >= 0.3 is 0 Å². The monoisotopic (exact) mass is 198 g/mol. The molecule has 0 saturated carbocycles. The standard InChI is InChI=1S/C13H26O/c1-4-5-6-7-8-12(2)11-13(3)9-10-14/h13-14H,2,4-11H2,1,3H3. The molecule has 1 heteroatoms. The fourth-order valence-corrected chi connectivity index (χ4v) is 1.72. The summed E-state index contributed by atoms with van der Waals surface area (Å²) in [6.45, 7) is 8.82. The van der Waals surface area contributed by atoms with E-state index in [9.17, 15) is 0 Å². The highest BCUT2D eigenvalue weighted by molar-refractivity contribution is 4.94. The van der Waals surface area contributed by atoms with Gasteiger partial charge in [0.1, 0.15) is 0 Å². The summed E-state index contributed by atoms with van der Waals surface area (Å²) in [5, 5.41) is 8.77. The average molecular weight is 198 g/mol. The van der Waals surface area contributed by atoms with E-state index >= 15 is 0 Å². The second-order valence-corrected chi connectivity index (χ2v) is 4.38. The van der Waals surface area contributed by atoms with Crippen LogP contribution in [-0.4, -0.2) is 11.7 Å². The Kier molecular flexibility index (Phi) is 9.06. The normalized spacial score (nSPS) is 12.8. The lowest BCUT2D eigenvalue weighted by molar-refractivity contribution is 0.261. The zero-order valence-corrected chi connectivity index (χ0v) is 9.89. The molecular weight excluding hydrogens is 172 g/mol. The third-order valence-corrected chi connectivity index (χ3v) is 2.64. The van der Waals surface area contributed by atoms with Crippen molar-refractivity contribution in [1.82, 2.24) is 0 Å². The first kappa shape index (κ1) is 13.7. The summed E-state index contributed by atoms with van der Waals surface area (Å²) < 4.78 is 0. The highest BCUT2D eigenvalue weighted by atomic mass is 16.3. The quantitative estimate of drug-likeness (QED) is 0.440. The number of aliphatic hydroxyl groups is 1. The van der Waals surface area contributed by atoms with Crippen molar-refractivity contribution in [3.05, 3.63) is 12.2 Å². The molecule has 0 bridgehead atoms. The maximum absolute atomic E-state index is 8.77. The van der Waals surface area contributed by atoms with E-state index in [0.29, 0.717) is 12.5 Å². The first-order valence-electron chi connectivity index (χ1n) is 5.98. The molecule has 0 aromatic heterocycles. The first-order chi connectivity index (χ1) is 6.70. The van der Waals surface area contributed by atoms with Crippen LogP contribution >= 0.6 is 0 Å². The van der Waals surface area contributed by atoms with Crippen molar-refractivity contribution in [3.63, 3.8) is 0 Å². The van der Waals surface area contributed by atoms with Gasteiger partial charge in [-0.25, -0.2) is 0 Å². The number of hydrogen-bond donors (Lipinski definition) is 1. The molecule has 0 rings (SSSR count). The van der Waals surface area contributed by atoms with Crippen molar-refractivity contribution in [2.75, 3.05) is 6.61 Å². The summed E-state index contributed by atoms with van der Waals surface area (Å²) in [4.78, 5) is 0. The van der Waals surface area contributed by atoms with Crippen LogP contribution in [0.15, 0.2) is 12.2 Å². The molecule has 84 valence electrons. The van der Waals surface area contributed by atoms with Crippen molar-refractivity contribution >= 4 is 0 Å². The van der Waals surface area contributed by atoms with Crippen LogP contribution in [-0.2, 0) is 0 Å². The van der Waals surface area contributed by atoms with Gasteiger partial charge in [0.15, 0.2) is 0 Å². The molecule has 0 aliphatic heterocycles. The predicted octanol–water partition coefficient (Wildman–Crippen LogP) is 3.92. The Hall–Kier alpha value is -0.300. The van der Waals surface area contributed by atoms with E-state index in [1.165, 1.54) is 37.7 Å². The molecule has 0 amide bonds. The van der Waals surface area contributed by atoms with Crippen LogP contribution < -0.4 is 0 Å². The van der Waals surface area contributed by atoms with Crippen LogP contribution in [0.25, 0.3) is 0 Å². The molecule has 0 radical (unpaired) electrons. The molecule has 1 atom stereocenters. The van der Waals surface area contributed by atoms with Crippen LogP contribution in [0, 0.1) is 5.92 Å². The maximum atomic E-state index is 8.77. The lowest BCUT2D eigenvalue weighted by Gasteiger charge is -2.11. The van der Waals surface area contributed by atoms with Crippen LogP contribution in [0.3, 0.4) is 0 Å². The molecule has 0 heterocycles. The zero-order chi connectivity index (χ0) is 10.8. The maximum Gasteiger partial charge on any atom is 0.0433 e. The molecule has 0 saturated heterocycles. The Morgan fingerprint density at radius 2 is 2.00 bits per heavy atom. The molecule has 0 spiro atoms. The first-order valence-corrected chi connectivity index (χ1v) is 5.98. The van der Waals surface area contributed by atoms with Crippen LogP contribution in [0.1, 0.15) is 58.8 Å². The second-order valence-electron chi connectivity index (χ2n) is 4.38. The molecule has 0 fully saturated rings. The van der Waals surface area contributed by atoms with Crippen molar-refractivity contribution in [2.24, 2.45) is 5.92 Å². The Morgan fingerprint density at radius 3 is 2.57 bits per heavy atom. The minimum atomic E-state index is 0.310. The molecule has 1 nitrogen and oxygen atoms in total. The number of allylic oxidation sites excluding steroid dienone is 1. The molecule has 0 aromatic carbocycles. The number of unbranched alkanes of at least 4 members (excludes halogenated alkanes) is 3. The molecule has 0 aromatic rings. The van der Waals surface area contributed by atoms with E-state index in [1.54, 1.807) is 0 Å². The summed E-state index contributed by atoms with van der Waals surface area (Å²) in [5.41, 5.74) is 1.36. The van der Waals surface area contributed by atoms with E-state index in [-0.39, 0.29) is 0 Å². The van der Waals surface area contributed by atoms with Gasteiger partial charge in [0.25, 0.3) is 0 Å². The lowest BCUT2D eigenvalue weighted by atomic mass is 9.96. The van der Waals surface area contributed by atoms with E-state index in [2.05, 4.69) is 20.4 Å². The average Bonchev–Trinajstić information content (AvgIpc) is 2.13. The SMILES string of the molecule is C=C(CCCCCC)CC(C)CCO. The van der Waals surface area contributed by atoms with Gasteiger partial charge in [-0.2, -0.15) is 0 Å². The van der Waals surface area contributed by atoms with Gasteiger partial charge in [0.2, 0.25) is 0 Å². The lowest BCUT2D eigenvalue weighted by Crippen LogP contribution is -1.99. The predicted molar refractivity (Wildman–Crippen MR) is 63.4 cm³/mol. The van der Waals surface area contributed by atoms with Crippen LogP contribution in [0.4, 0.5) is 0 Å². The van der Waals surface area contributed by atoms with E-state index in [1.807, 2.05) is 0 Å². The van der Waals surface area contributed by atoms with Crippen molar-refractivity contribution in [3.8, 4) is 0 Å². The van der Waals surface area contributed by atoms with Gasteiger partial charge in [-0.15, -0.1) is 0 Å². The number of aliphatic hydroxyl groups excluding tert-OH is 1. The van der Waals surface area contributed by atoms with Crippen LogP contribution in [0.5, 0.6) is 0 Å². The summed E-state index contributed by atoms with van der Waals surface area (Å²) >= 11 is 0. The Bertz CT molecular complexity index is 140. The third-order valence-electron chi connectivity index (χ3n) is 2.64. The second kappa shape index (κ2) is 9.26. The van der Waals surface area contributed by atoms with Gasteiger partial charge in [-0.1, -0.05) is 45.3 Å². The fourth-order valence-electron chi connectivity index (χ4n) is 1.72. The Balaban J connectivity index is 3.35. The minimum absolute atomic E-state index is 0.310. The molecule has 14 heavy (non-hydrogen) atoms. The highest BCUT2D eigenvalue weighted by Gasteiger charge is 2.03. The van der Waals surface area contributed by atoms with E-state index in [0.717, 1.165) is 12.8 Å². The Labute approximate surface area is 89.2 Å². The fraction of sp³-hybridized carbons (Fsp3) is 0.846. The molecule has 1 unspecified atom stereocenters. The largest absolute Gasteiger partial charge is 0.396 e. The topological polar surface area (TPSA) is 20.2 Å². The summed E-state index contributed by atoms with van der Waals surface area (Å²) in [6, 6.07) is 0. The van der Waals surface area contributed by atoms with E-state index < -0.39 is 0 Å². The van der Waals surface area contributed by atoms with Gasteiger partial charge in [0.05, 0.1) is 0 Å². The zero-order valence-electron chi connectivity index (χ0n) is 9.89. The molecule has 0 aliphatic carbocycles. The van der Waals surface area contributed by atoms with Gasteiger partial charge in [0, 0.05) is 6.61 Å². The number of rotatable bonds is 9. The summed E-state index contributed by atoms with van der Waals surface area (Å²) in [5.74, 6) is 0.596. The van der Waals surface area contributed by atoms with Crippen molar-refractivity contribution in [1.29, 1.82) is 0 Å². The van der Waals surface area contributed by atoms with Crippen LogP contribution in [0.2, 0.25) is 0 Å². The minimum Gasteiger partial charge on any atom is -0.396 e. The third kappa shape index (κ3) is 8.31. The smallest absolute Gasteiger partial charge is 0.0433 e. The van der Waals surface area contributed by atoms with Gasteiger partial charge < -0.3 is 5.11 Å². The summed E-state index contributed by atoms with van der Waals surface area (Å²) in [7, 11) is 0. The number of hydrogen-bond acceptors (Lipinski definition) is 1. The molecule has 1 N–H and O–H groups in total. The van der Waals surface area contributed by atoms with E-state index in [4.69, 9.17) is 5.11 Å². The summed E-state index contributed by atoms with van der Waals surface area (Å²) in [6.07, 6.45) is 8.45. The van der Waals surface area contributed by atoms with Gasteiger partial charge in [-0.3, -0.25) is 0 Å².